The van der Waals surface area contributed by atoms with Gasteiger partial charge in [0.15, 0.2) is 0 Å². The molecular weight excluding hydrogens is 157 g/mol. The van der Waals surface area contributed by atoms with E-state index in [2.05, 4.69) is 25.5 Å². The molecule has 0 aromatic rings. The molecule has 64 valence electrons. The maximum Gasteiger partial charge on any atom is 0.114 e. The average Bonchev–Trinajstić information content (AvgIpc) is 2.07. The Hall–Kier alpha value is 0.0600. The number of ether oxygens (including phenoxy) is 1. The summed E-state index contributed by atoms with van der Waals surface area (Å²) in [5.41, 5.74) is 0. The van der Waals surface area contributed by atoms with E-state index in [1.165, 1.54) is 0 Å². The first kappa shape index (κ1) is 7.70. The van der Waals surface area contributed by atoms with Crippen molar-refractivity contribution >= 4 is 8.98 Å². The minimum atomic E-state index is 0.232. The molecule has 2 nitrogen and oxygen atoms in total. The highest BCUT2D eigenvalue weighted by molar-refractivity contribution is 7.04. The third-order valence-electron chi connectivity index (χ3n) is 2.85. The molecule has 0 aromatic carbocycles. The Bertz CT molecular complexity index is 176. The molecule has 0 amide bonds. The predicted molar refractivity (Wildman–Crippen MR) is 48.3 cm³/mol. The Labute approximate surface area is 71.9 Å². The Morgan fingerprint density at radius 3 is 2.82 bits per heavy atom. The smallest absolute Gasteiger partial charge is 0.114 e. The SMILES string of the molecule is [3H]P=NC1COC(C)C(C)C1C. The lowest BCUT2D eigenvalue weighted by Crippen LogP contribution is -2.40. The summed E-state index contributed by atoms with van der Waals surface area (Å²) in [5, 5.41) is 0. The number of nitrogens with zero attached hydrogens (tertiary/aromatic N) is 1. The maximum absolute atomic E-state index is 7.00. The summed E-state index contributed by atoms with van der Waals surface area (Å²) in [6, 6.07) is 0.232. The molecule has 0 N–H and O–H groups in total. The molecule has 1 fully saturated rings. The van der Waals surface area contributed by atoms with Gasteiger partial charge in [-0.1, -0.05) is 13.8 Å². The molecule has 0 spiro atoms. The van der Waals surface area contributed by atoms with Gasteiger partial charge in [-0.25, -0.2) is 0 Å². The monoisotopic (exact) mass is 175 g/mol. The van der Waals surface area contributed by atoms with E-state index in [0.717, 1.165) is 0 Å². The van der Waals surface area contributed by atoms with E-state index in [4.69, 9.17) is 6.02 Å². The van der Waals surface area contributed by atoms with E-state index < -0.39 is 0 Å². The van der Waals surface area contributed by atoms with Gasteiger partial charge in [0.05, 0.1) is 18.8 Å². The van der Waals surface area contributed by atoms with Gasteiger partial charge in [-0.05, 0) is 27.7 Å². The average molecular weight is 175 g/mol. The molecule has 3 heteroatoms. The van der Waals surface area contributed by atoms with Crippen LogP contribution in [0.15, 0.2) is 4.74 Å². The van der Waals surface area contributed by atoms with Crippen LogP contribution in [0, 0.1) is 11.8 Å². The van der Waals surface area contributed by atoms with Crippen LogP contribution in [0.2, 0.25) is 0 Å². The first-order valence-corrected chi connectivity index (χ1v) is 4.52. The Balaban J connectivity index is 2.58. The van der Waals surface area contributed by atoms with E-state index in [1.54, 1.807) is 0 Å². The molecule has 0 aliphatic carbocycles. The summed E-state index contributed by atoms with van der Waals surface area (Å²) >= 11 is 0. The van der Waals surface area contributed by atoms with Crippen molar-refractivity contribution in [3.05, 3.63) is 0 Å². The van der Waals surface area contributed by atoms with Crippen molar-refractivity contribution in [2.75, 3.05) is 6.61 Å². The standard InChI is InChI=1S/C8H16NOP/c1-5-6(2)8(9-11)4-10-7(5)3/h5-8,11H,4H2,1-3H3/i11T. The van der Waals surface area contributed by atoms with Crippen LogP contribution in [0.3, 0.4) is 0 Å². The lowest BCUT2D eigenvalue weighted by Gasteiger charge is -2.36. The second kappa shape index (κ2) is 3.64. The van der Waals surface area contributed by atoms with Gasteiger partial charge in [0.2, 0.25) is 0 Å². The van der Waals surface area contributed by atoms with Crippen LogP contribution in [0.5, 0.6) is 0 Å². The summed E-state index contributed by atoms with van der Waals surface area (Å²) < 4.78 is 16.7. The highest BCUT2D eigenvalue weighted by Gasteiger charge is 2.31. The van der Waals surface area contributed by atoms with Crippen LogP contribution in [-0.4, -0.2) is 20.0 Å². The molecule has 0 aromatic heterocycles. The molecule has 11 heavy (non-hydrogen) atoms. The molecule has 1 heterocycles. The fraction of sp³-hybridized carbons (Fsp3) is 1.00. The van der Waals surface area contributed by atoms with Crippen LogP contribution in [0.4, 0.5) is 0 Å². The summed E-state index contributed by atoms with van der Waals surface area (Å²) in [6.07, 6.45) is 0.342. The molecule has 1 rings (SSSR count). The molecule has 0 radical (unpaired) electrons. The van der Waals surface area contributed by atoms with Gasteiger partial charge in [0.25, 0.3) is 0 Å². The molecular formula is C8H16NOP. The Kier molecular flexibility index (Phi) is 2.55. The van der Waals surface area contributed by atoms with Crippen molar-refractivity contribution in [1.29, 1.82) is 1.28 Å². The van der Waals surface area contributed by atoms with Crippen LogP contribution in [0.25, 0.3) is 0 Å². The lowest BCUT2D eigenvalue weighted by atomic mass is 9.84. The quantitative estimate of drug-likeness (QED) is 0.560. The van der Waals surface area contributed by atoms with Gasteiger partial charge in [-0.2, -0.15) is 0 Å². The second-order valence-electron chi connectivity index (χ2n) is 3.44. The zero-order valence-electron chi connectivity index (χ0n) is 8.32. The zero-order chi connectivity index (χ0) is 9.14. The van der Waals surface area contributed by atoms with Gasteiger partial charge in [-0.3, -0.25) is 4.74 Å². The molecule has 4 atom stereocenters. The molecule has 1 aliphatic rings. The van der Waals surface area contributed by atoms with Crippen LogP contribution in [0.1, 0.15) is 20.8 Å². The second-order valence-corrected chi connectivity index (χ2v) is 3.67. The largest absolute Gasteiger partial charge is 0.376 e. The molecule has 1 saturated heterocycles. The third-order valence-corrected chi connectivity index (χ3v) is 3.15. The van der Waals surface area contributed by atoms with Crippen LogP contribution < -0.4 is 0 Å². The van der Waals surface area contributed by atoms with E-state index in [1.807, 2.05) is 0 Å². The van der Waals surface area contributed by atoms with Crippen LogP contribution in [-0.2, 0) is 4.74 Å². The Morgan fingerprint density at radius 1 is 1.45 bits per heavy atom. The molecule has 0 bridgehead atoms. The number of rotatable bonds is 1. The van der Waals surface area contributed by atoms with Crippen molar-refractivity contribution < 1.29 is 4.74 Å². The highest BCUT2D eigenvalue weighted by atomic mass is 31.0. The van der Waals surface area contributed by atoms with Gasteiger partial charge in [0, 0.05) is 0 Å². The van der Waals surface area contributed by atoms with Gasteiger partial charge < -0.3 is 4.74 Å². The summed E-state index contributed by atoms with van der Waals surface area (Å²) in [7, 11) is 0.381. The van der Waals surface area contributed by atoms with E-state index in [9.17, 15) is 0 Å². The predicted octanol–water partition coefficient (Wildman–Crippen LogP) is 2.37. The van der Waals surface area contributed by atoms with Crippen LogP contribution >= 0.6 is 8.98 Å². The van der Waals surface area contributed by atoms with E-state index >= 15 is 0 Å². The van der Waals surface area contributed by atoms with Crippen molar-refractivity contribution in [1.82, 2.24) is 0 Å². The highest BCUT2D eigenvalue weighted by Crippen LogP contribution is 2.28. The van der Waals surface area contributed by atoms with Gasteiger partial charge in [0.1, 0.15) is 1.28 Å². The van der Waals surface area contributed by atoms with Gasteiger partial charge in [-0.15, -0.1) is 0 Å². The molecule has 1 aliphatic heterocycles. The van der Waals surface area contributed by atoms with Crippen molar-refractivity contribution in [3.63, 3.8) is 0 Å². The maximum atomic E-state index is 7.00. The fourth-order valence-corrected chi connectivity index (χ4v) is 1.75. The molecule has 4 unspecified atom stereocenters. The fourth-order valence-electron chi connectivity index (χ4n) is 1.47. The summed E-state index contributed by atoms with van der Waals surface area (Å²) in [4.78, 5) is 0. The third kappa shape index (κ3) is 1.80. The Morgan fingerprint density at radius 2 is 2.18 bits per heavy atom. The minimum absolute atomic E-state index is 0.232. The first-order valence-electron chi connectivity index (χ1n) is 4.57. The van der Waals surface area contributed by atoms with E-state index in [0.29, 0.717) is 33.5 Å². The van der Waals surface area contributed by atoms with E-state index in [-0.39, 0.29) is 6.04 Å². The lowest BCUT2D eigenvalue weighted by molar-refractivity contribution is -0.0457. The topological polar surface area (TPSA) is 21.6 Å². The summed E-state index contributed by atoms with van der Waals surface area (Å²) in [6.45, 7) is 7.19. The van der Waals surface area contributed by atoms with Gasteiger partial charge >= 0.3 is 0 Å². The first-order chi connectivity index (χ1) is 5.66. The molecule has 0 saturated carbocycles. The van der Waals surface area contributed by atoms with Crippen molar-refractivity contribution in [2.45, 2.75) is 32.9 Å². The van der Waals surface area contributed by atoms with Crippen molar-refractivity contribution in [3.8, 4) is 0 Å². The number of hydrogen-bond donors (Lipinski definition) is 0. The minimum Gasteiger partial charge on any atom is -0.376 e. The number of hydrogen-bond acceptors (Lipinski definition) is 2. The van der Waals surface area contributed by atoms with Crippen molar-refractivity contribution in [2.24, 2.45) is 16.6 Å². The summed E-state index contributed by atoms with van der Waals surface area (Å²) in [5.74, 6) is 1.10. The normalized spacial score (nSPS) is 47.7. The zero-order valence-corrected chi connectivity index (χ0v) is 8.21.